The van der Waals surface area contributed by atoms with Crippen LogP contribution in [0.15, 0.2) is 54.1 Å². The van der Waals surface area contributed by atoms with Crippen LogP contribution < -0.4 is 37.2 Å². The number of allylic oxidation sites excluding steroid dienone is 2. The number of rotatable bonds is 16. The third kappa shape index (κ3) is 21.1. The Labute approximate surface area is 410 Å². The normalized spacial score (nSPS) is 25.0. The number of carboxylic acids is 2. The lowest BCUT2D eigenvalue weighted by molar-refractivity contribution is -0.145. The monoisotopic (exact) mass is 1000 g/mol. The van der Waals surface area contributed by atoms with E-state index in [9.17, 15) is 68.1 Å². The Morgan fingerprint density at radius 2 is 1.23 bits per heavy atom. The minimum Gasteiger partial charge on any atom is -0.480 e. The van der Waals surface area contributed by atoms with Crippen molar-refractivity contribution in [2.24, 2.45) is 11.8 Å². The Morgan fingerprint density at radius 1 is 0.690 bits per heavy atom. The van der Waals surface area contributed by atoms with Crippen LogP contribution in [0.25, 0.3) is 0 Å². The first-order valence-corrected chi connectivity index (χ1v) is 22.8. The van der Waals surface area contributed by atoms with Crippen LogP contribution in [-0.2, 0) is 73.4 Å². The molecule has 1 fully saturated rings. The maximum atomic E-state index is 14.2. The number of aliphatic carboxylic acids is 2. The van der Waals surface area contributed by atoms with Gasteiger partial charge in [-0.2, -0.15) is 0 Å². The number of benzene rings is 1. The third-order valence-corrected chi connectivity index (χ3v) is 11.4. The van der Waals surface area contributed by atoms with Crippen LogP contribution in [0.4, 0.5) is 0 Å². The van der Waals surface area contributed by atoms with Gasteiger partial charge in [-0.15, -0.1) is 0 Å². The van der Waals surface area contributed by atoms with Gasteiger partial charge in [-0.3, -0.25) is 43.2 Å². The number of amides is 7. The standard InChI is InChI=1S/C47H67N7O17/c1-25(21-26(2)36(69-5)22-29-11-9-8-10-12-29)13-14-30-27(3)41(60)53-33(46(65)66)15-18-37(56)50-35(24-55)45(64)48-28(4)42(61)52-32(17-20-40(59)71-7)44(63)54-34(47(67)68)23-38(57)49-31(43(62)51-30)16-19-39(58)70-6/h8-14,21,26-28,30-36,55H,15-20,22-24H2,1-7H3,(H,48,64)(H,49,57)(H,50,56)(H,51,62)(H,52,61)(H,53,60)(H,54,63)(H,65,66)(H,67,68). The highest BCUT2D eigenvalue weighted by Crippen LogP contribution is 2.18. The van der Waals surface area contributed by atoms with Gasteiger partial charge in [0.25, 0.3) is 0 Å². The number of aliphatic hydroxyl groups is 1. The van der Waals surface area contributed by atoms with Crippen LogP contribution in [0.1, 0.15) is 78.2 Å². The maximum absolute atomic E-state index is 14.2. The molecule has 392 valence electrons. The van der Waals surface area contributed by atoms with E-state index < -0.39 is 165 Å². The van der Waals surface area contributed by atoms with Crippen LogP contribution >= 0.6 is 0 Å². The van der Waals surface area contributed by atoms with Crippen molar-refractivity contribution in [3.05, 3.63) is 59.7 Å². The summed E-state index contributed by atoms with van der Waals surface area (Å²) >= 11 is 0. The van der Waals surface area contributed by atoms with Gasteiger partial charge in [0.05, 0.1) is 45.3 Å². The minimum atomic E-state index is -2.02. The first kappa shape index (κ1) is 59.9. The maximum Gasteiger partial charge on any atom is 0.326 e. The number of hydrogen-bond acceptors (Lipinski definition) is 15. The second-order valence-electron chi connectivity index (χ2n) is 16.9. The number of aliphatic hydroxyl groups excluding tert-OH is 1. The zero-order chi connectivity index (χ0) is 53.4. The van der Waals surface area contributed by atoms with Crippen LogP contribution in [0.5, 0.6) is 0 Å². The zero-order valence-electron chi connectivity index (χ0n) is 40.8. The topological polar surface area (TPSA) is 360 Å². The Hall–Kier alpha value is -7.21. The molecule has 2 rings (SSSR count). The summed E-state index contributed by atoms with van der Waals surface area (Å²) in [4.78, 5) is 144. The highest BCUT2D eigenvalue weighted by molar-refractivity contribution is 5.96. The molecule has 0 bridgehead atoms. The largest absolute Gasteiger partial charge is 0.480 e. The predicted molar refractivity (Wildman–Crippen MR) is 250 cm³/mol. The molecule has 0 radical (unpaired) electrons. The summed E-state index contributed by atoms with van der Waals surface area (Å²) in [6.45, 7) is 5.21. The molecule has 1 aromatic rings. The Bertz CT molecular complexity index is 2120. The van der Waals surface area contributed by atoms with E-state index >= 15 is 0 Å². The van der Waals surface area contributed by atoms with E-state index in [2.05, 4.69) is 42.0 Å². The fraction of sp³-hybridized carbons (Fsp3) is 0.553. The lowest BCUT2D eigenvalue weighted by Crippen LogP contribution is -2.58. The van der Waals surface area contributed by atoms with Crippen LogP contribution in [0.2, 0.25) is 0 Å². The molecule has 1 aliphatic heterocycles. The number of carboxylic acid groups (broad SMARTS) is 2. The average Bonchev–Trinajstić information content (AvgIpc) is 3.33. The highest BCUT2D eigenvalue weighted by atomic mass is 16.5. The number of esters is 2. The Kier molecular flexibility index (Phi) is 25.7. The Balaban J connectivity index is 2.68. The second kappa shape index (κ2) is 30.4. The second-order valence-corrected chi connectivity index (χ2v) is 16.9. The molecule has 24 heteroatoms. The molecule has 0 spiro atoms. The average molecular weight is 1000 g/mol. The SMILES string of the molecule is COC(=O)CCC1NC(=O)CC(C(=O)O)NC(=O)C(CCC(=O)OC)NC(=O)C(C)NC(=O)C(CO)NC(=O)CCC(C(=O)O)NC(=O)C(C)C(C=CC(C)=CC(C)C(Cc2ccccc2)OC)NC1=O. The third-order valence-electron chi connectivity index (χ3n) is 11.4. The highest BCUT2D eigenvalue weighted by Gasteiger charge is 2.35. The number of carbonyl (C=O) groups excluding carboxylic acids is 9. The van der Waals surface area contributed by atoms with Crippen molar-refractivity contribution in [2.45, 2.75) is 127 Å². The van der Waals surface area contributed by atoms with E-state index in [1.165, 1.54) is 13.0 Å². The van der Waals surface area contributed by atoms with Crippen molar-refractivity contribution < 1.29 is 82.3 Å². The molecule has 10 atom stereocenters. The number of methoxy groups -OCH3 is 3. The smallest absolute Gasteiger partial charge is 0.326 e. The zero-order valence-corrected chi connectivity index (χ0v) is 40.8. The van der Waals surface area contributed by atoms with Gasteiger partial charge in [0.15, 0.2) is 0 Å². The fourth-order valence-electron chi connectivity index (χ4n) is 7.08. The molecular weight excluding hydrogens is 935 g/mol. The van der Waals surface area contributed by atoms with Gasteiger partial charge < -0.3 is 66.7 Å². The summed E-state index contributed by atoms with van der Waals surface area (Å²) in [5.74, 6) is -13.7. The van der Waals surface area contributed by atoms with Crippen molar-refractivity contribution in [1.82, 2.24) is 37.2 Å². The molecule has 10 N–H and O–H groups in total. The molecule has 0 saturated carbocycles. The first-order chi connectivity index (χ1) is 33.5. The molecule has 1 aromatic carbocycles. The summed E-state index contributed by atoms with van der Waals surface area (Å²) < 4.78 is 15.1. The van der Waals surface area contributed by atoms with Crippen molar-refractivity contribution in [2.75, 3.05) is 27.9 Å². The molecule has 71 heavy (non-hydrogen) atoms. The molecule has 1 saturated heterocycles. The van der Waals surface area contributed by atoms with Gasteiger partial charge in [-0.25, -0.2) is 9.59 Å². The van der Waals surface area contributed by atoms with Crippen molar-refractivity contribution in [3.63, 3.8) is 0 Å². The summed E-state index contributed by atoms with van der Waals surface area (Å²) in [5.41, 5.74) is 1.69. The predicted octanol–water partition coefficient (Wildman–Crippen LogP) is -1.32. The summed E-state index contributed by atoms with van der Waals surface area (Å²) in [6, 6.07) is -1.81. The van der Waals surface area contributed by atoms with Gasteiger partial charge in [0.1, 0.15) is 36.3 Å². The minimum absolute atomic E-state index is 0.160. The van der Waals surface area contributed by atoms with Gasteiger partial charge >= 0.3 is 23.9 Å². The van der Waals surface area contributed by atoms with E-state index in [4.69, 9.17) is 9.47 Å². The molecule has 1 aliphatic rings. The van der Waals surface area contributed by atoms with Gasteiger partial charge in [0, 0.05) is 32.3 Å². The Morgan fingerprint density at radius 3 is 1.77 bits per heavy atom. The number of nitrogens with one attached hydrogen (secondary N) is 7. The van der Waals surface area contributed by atoms with Crippen LogP contribution in [0, 0.1) is 11.8 Å². The lowest BCUT2D eigenvalue weighted by atomic mass is 9.94. The number of ether oxygens (including phenoxy) is 3. The van der Waals surface area contributed by atoms with E-state index in [1.54, 1.807) is 20.1 Å². The van der Waals surface area contributed by atoms with Crippen molar-refractivity contribution in [1.29, 1.82) is 0 Å². The molecule has 7 amide bonds. The molecule has 10 unspecified atom stereocenters. The molecule has 0 aliphatic carbocycles. The van der Waals surface area contributed by atoms with Crippen LogP contribution in [0.3, 0.4) is 0 Å². The summed E-state index contributed by atoms with van der Waals surface area (Å²) in [6.07, 6.45) is 1.31. The van der Waals surface area contributed by atoms with Crippen LogP contribution in [-0.4, -0.2) is 157 Å². The number of hydrogen-bond donors (Lipinski definition) is 10. The van der Waals surface area contributed by atoms with E-state index in [-0.39, 0.29) is 12.0 Å². The van der Waals surface area contributed by atoms with Gasteiger partial charge in [-0.05, 0) is 45.1 Å². The lowest BCUT2D eigenvalue weighted by Gasteiger charge is -2.27. The van der Waals surface area contributed by atoms with E-state index in [0.29, 0.717) is 12.0 Å². The van der Waals surface area contributed by atoms with E-state index in [1.807, 2.05) is 43.3 Å². The molecule has 1 heterocycles. The van der Waals surface area contributed by atoms with E-state index in [0.717, 1.165) is 26.7 Å². The summed E-state index contributed by atoms with van der Waals surface area (Å²) in [7, 11) is 3.72. The van der Waals surface area contributed by atoms with Gasteiger partial charge in [0.2, 0.25) is 41.4 Å². The van der Waals surface area contributed by atoms with Crippen molar-refractivity contribution in [3.8, 4) is 0 Å². The first-order valence-electron chi connectivity index (χ1n) is 22.8. The fourth-order valence-corrected chi connectivity index (χ4v) is 7.08. The quantitative estimate of drug-likeness (QED) is 0.0678. The van der Waals surface area contributed by atoms with Crippen molar-refractivity contribution >= 4 is 65.2 Å². The molecule has 24 nitrogen and oxygen atoms in total. The number of carbonyl (C=O) groups is 11. The summed E-state index contributed by atoms with van der Waals surface area (Å²) in [5, 5.41) is 46.3. The molecular formula is C47H67N7O17. The van der Waals surface area contributed by atoms with Gasteiger partial charge in [-0.1, -0.05) is 68.0 Å². The molecule has 0 aromatic heterocycles.